The van der Waals surface area contributed by atoms with Crippen molar-refractivity contribution < 1.29 is 42.2 Å². The van der Waals surface area contributed by atoms with E-state index in [1.54, 1.807) is 69.3 Å². The molecule has 0 saturated heterocycles. The third-order valence-electron chi connectivity index (χ3n) is 6.95. The Morgan fingerprint density at radius 2 is 1.53 bits per heavy atom. The average molecular weight is 684 g/mol. The fraction of sp³-hybridized carbons (Fsp3) is 0.382. The summed E-state index contributed by atoms with van der Waals surface area (Å²) in [6, 6.07) is 16.3. The molecule has 1 aromatic heterocycles. The minimum Gasteiger partial charge on any atom is -0.460 e. The van der Waals surface area contributed by atoms with Crippen molar-refractivity contribution in [1.82, 2.24) is 20.2 Å². The molecule has 0 radical (unpaired) electrons. The first-order valence-corrected chi connectivity index (χ1v) is 15.3. The summed E-state index contributed by atoms with van der Waals surface area (Å²) < 4.78 is 42.8. The van der Waals surface area contributed by atoms with Gasteiger partial charge in [-0.2, -0.15) is 8.78 Å². The molecule has 0 bridgehead atoms. The van der Waals surface area contributed by atoms with Crippen molar-refractivity contribution in [3.05, 3.63) is 82.8 Å². The van der Waals surface area contributed by atoms with E-state index in [0.717, 1.165) is 13.1 Å². The molecule has 1 unspecified atom stereocenters. The Kier molecular flexibility index (Phi) is 12.1. The maximum atomic E-state index is 16.0. The van der Waals surface area contributed by atoms with Crippen LogP contribution >= 0.6 is 0 Å². The summed E-state index contributed by atoms with van der Waals surface area (Å²) in [5.74, 6) is -12.6. The quantitative estimate of drug-likeness (QED) is 0.177. The van der Waals surface area contributed by atoms with Crippen LogP contribution in [0.25, 0.3) is 11.4 Å². The number of carbonyl (C=O) groups is 5. The molecule has 3 aromatic rings. The second-order valence-electron chi connectivity index (χ2n) is 12.3. The van der Waals surface area contributed by atoms with Gasteiger partial charge in [-0.25, -0.2) is 9.78 Å². The lowest BCUT2D eigenvalue weighted by Crippen LogP contribution is -2.68. The summed E-state index contributed by atoms with van der Waals surface area (Å²) >= 11 is 0. The highest BCUT2D eigenvalue weighted by Crippen LogP contribution is 2.35. The average Bonchev–Trinajstić information content (AvgIpc) is 3.03. The van der Waals surface area contributed by atoms with Crippen LogP contribution in [0.2, 0.25) is 0 Å². The number of anilines is 1. The van der Waals surface area contributed by atoms with E-state index < -0.39 is 77.0 Å². The molecule has 1 heterocycles. The summed E-state index contributed by atoms with van der Waals surface area (Å²) in [4.78, 5) is 82.9. The fourth-order valence-corrected chi connectivity index (χ4v) is 4.80. The van der Waals surface area contributed by atoms with Crippen LogP contribution in [0.4, 0.5) is 19.3 Å². The second-order valence-corrected chi connectivity index (χ2v) is 12.3. The van der Waals surface area contributed by atoms with Crippen molar-refractivity contribution in [3.8, 4) is 11.4 Å². The Morgan fingerprint density at radius 3 is 2.08 bits per heavy atom. The number of ketones is 1. The molecule has 262 valence electrons. The van der Waals surface area contributed by atoms with Crippen LogP contribution in [0.15, 0.2) is 71.7 Å². The van der Waals surface area contributed by atoms with E-state index in [9.17, 15) is 28.8 Å². The Hall–Kier alpha value is -5.47. The number of esters is 1. The van der Waals surface area contributed by atoms with E-state index in [2.05, 4.69) is 15.6 Å². The van der Waals surface area contributed by atoms with Crippen LogP contribution in [0, 0.1) is 5.92 Å². The molecule has 0 spiro atoms. The lowest BCUT2D eigenvalue weighted by Gasteiger charge is -2.40. The number of nitrogens with one attached hydrogen (secondary N) is 3. The number of aromatic nitrogens is 2. The predicted molar refractivity (Wildman–Crippen MR) is 174 cm³/mol. The first-order valence-electron chi connectivity index (χ1n) is 15.3. The SMILES string of the molecule is CC(=O)NC(C(=O)C(F)(F)C(=O)NCCC(=O)OC(C)(C)C)(C(C)C)n1c(-c2ccccc2)ncc(NC(=O)OCc2ccccc2)c1=O. The smallest absolute Gasteiger partial charge is 0.412 e. The number of nitrogens with zero attached hydrogens (tertiary/aromatic N) is 2. The lowest BCUT2D eigenvalue weighted by atomic mass is 9.86. The van der Waals surface area contributed by atoms with E-state index in [-0.39, 0.29) is 18.0 Å². The zero-order valence-corrected chi connectivity index (χ0v) is 28.0. The van der Waals surface area contributed by atoms with Crippen LogP contribution < -0.4 is 21.5 Å². The number of benzene rings is 2. The molecule has 3 amide bonds. The Balaban J connectivity index is 2.12. The van der Waals surface area contributed by atoms with Crippen LogP contribution in [0.1, 0.15) is 53.5 Å². The van der Waals surface area contributed by atoms with Crippen LogP contribution in [0.3, 0.4) is 0 Å². The molecule has 13 nitrogen and oxygen atoms in total. The largest absolute Gasteiger partial charge is 0.460 e. The van der Waals surface area contributed by atoms with E-state index >= 15 is 8.78 Å². The van der Waals surface area contributed by atoms with Gasteiger partial charge in [0, 0.05) is 24.9 Å². The predicted octanol–water partition coefficient (Wildman–Crippen LogP) is 4.16. The number of Topliss-reactive ketones (excluding diaryl/α,β-unsaturated/α-hetero) is 1. The number of rotatable bonds is 13. The molecule has 0 aliphatic heterocycles. The van der Waals surface area contributed by atoms with Crippen LogP contribution in [-0.4, -0.2) is 57.3 Å². The first-order chi connectivity index (χ1) is 22.9. The third-order valence-corrected chi connectivity index (χ3v) is 6.95. The molecule has 2 aromatic carbocycles. The number of amides is 3. The van der Waals surface area contributed by atoms with E-state index in [4.69, 9.17) is 9.47 Å². The van der Waals surface area contributed by atoms with Gasteiger partial charge in [0.05, 0.1) is 12.6 Å². The zero-order valence-electron chi connectivity index (χ0n) is 28.0. The Bertz CT molecular complexity index is 1740. The van der Waals surface area contributed by atoms with E-state index in [1.807, 2.05) is 5.32 Å². The highest BCUT2D eigenvalue weighted by Gasteiger charge is 2.61. The topological polar surface area (TPSA) is 175 Å². The summed E-state index contributed by atoms with van der Waals surface area (Å²) in [5, 5.41) is 6.29. The van der Waals surface area contributed by atoms with Crippen molar-refractivity contribution in [3.63, 3.8) is 0 Å². The van der Waals surface area contributed by atoms with Gasteiger partial charge in [-0.1, -0.05) is 74.5 Å². The van der Waals surface area contributed by atoms with Crippen molar-refractivity contribution in [1.29, 1.82) is 0 Å². The zero-order chi connectivity index (χ0) is 36.6. The molecule has 0 aliphatic rings. The van der Waals surface area contributed by atoms with Gasteiger partial charge in [0.25, 0.3) is 17.2 Å². The number of hydrogen-bond acceptors (Lipinski definition) is 9. The molecule has 0 fully saturated rings. The second kappa shape index (κ2) is 15.6. The van der Waals surface area contributed by atoms with Gasteiger partial charge in [-0.05, 0) is 26.3 Å². The number of ether oxygens (including phenoxy) is 2. The van der Waals surface area contributed by atoms with Crippen molar-refractivity contribution in [2.75, 3.05) is 11.9 Å². The van der Waals surface area contributed by atoms with E-state index in [1.165, 1.54) is 26.0 Å². The summed E-state index contributed by atoms with van der Waals surface area (Å²) in [6.07, 6.45) is -0.628. The van der Waals surface area contributed by atoms with E-state index in [0.29, 0.717) is 10.1 Å². The van der Waals surface area contributed by atoms with Gasteiger partial charge < -0.3 is 20.1 Å². The molecule has 15 heteroatoms. The van der Waals surface area contributed by atoms with Gasteiger partial charge in [-0.3, -0.25) is 33.9 Å². The third kappa shape index (κ3) is 9.33. The number of halogens is 2. The van der Waals surface area contributed by atoms with Crippen molar-refractivity contribution in [2.45, 2.75) is 71.8 Å². The Morgan fingerprint density at radius 1 is 0.939 bits per heavy atom. The van der Waals surface area contributed by atoms with Crippen molar-refractivity contribution in [2.24, 2.45) is 5.92 Å². The molecular weight excluding hydrogens is 644 g/mol. The van der Waals surface area contributed by atoms with Crippen LogP contribution in [0.5, 0.6) is 0 Å². The van der Waals surface area contributed by atoms with Gasteiger partial charge in [0.1, 0.15) is 23.7 Å². The Labute approximate surface area is 281 Å². The minimum absolute atomic E-state index is 0.172. The molecule has 3 N–H and O–H groups in total. The minimum atomic E-state index is -4.87. The molecular formula is C34H39F2N5O8. The van der Waals surface area contributed by atoms with Gasteiger partial charge in [-0.15, -0.1) is 0 Å². The number of carbonyl (C=O) groups excluding carboxylic acids is 5. The molecule has 49 heavy (non-hydrogen) atoms. The lowest BCUT2D eigenvalue weighted by molar-refractivity contribution is -0.169. The maximum Gasteiger partial charge on any atom is 0.412 e. The molecule has 0 aliphatic carbocycles. The highest BCUT2D eigenvalue weighted by atomic mass is 19.3. The van der Waals surface area contributed by atoms with Gasteiger partial charge in [0.15, 0.2) is 5.66 Å². The molecule has 1 atom stereocenters. The van der Waals surface area contributed by atoms with Crippen molar-refractivity contribution >= 4 is 35.3 Å². The van der Waals surface area contributed by atoms with Gasteiger partial charge in [0.2, 0.25) is 5.91 Å². The monoisotopic (exact) mass is 683 g/mol. The summed E-state index contributed by atoms with van der Waals surface area (Å²) in [7, 11) is 0. The van der Waals surface area contributed by atoms with Crippen LogP contribution in [-0.2, 0) is 40.9 Å². The summed E-state index contributed by atoms with van der Waals surface area (Å²) in [6.45, 7) is 7.51. The van der Waals surface area contributed by atoms with Gasteiger partial charge >= 0.3 is 18.0 Å². The standard InChI is InChI=1S/C34H39F2N5O8/c1-21(2)34(40-22(3)42,29(45)33(35,36)30(46)37-18-17-26(43)49-32(4,5)6)41-27(24-15-11-8-12-16-24)38-19-25(28(41)44)39-31(47)48-20-23-13-9-7-10-14-23/h7-16,19,21H,17-18,20H2,1-6H3,(H,37,46)(H,39,47)(H,40,42). The molecule has 0 saturated carbocycles. The first kappa shape index (κ1) is 38.0. The maximum absolute atomic E-state index is 16.0. The fourth-order valence-electron chi connectivity index (χ4n) is 4.80. The molecule has 3 rings (SSSR count). The highest BCUT2D eigenvalue weighted by molar-refractivity contribution is 6.11. The number of hydrogen-bond donors (Lipinski definition) is 3. The normalized spacial score (nSPS) is 12.8. The number of alkyl halides is 2. The summed E-state index contributed by atoms with van der Waals surface area (Å²) in [5.41, 5.74) is -4.80.